The smallest absolute Gasteiger partial charge is 0.145 e. The minimum atomic E-state index is -0.637. The van der Waals surface area contributed by atoms with E-state index in [0.717, 1.165) is 42.6 Å². The first-order valence-electron chi connectivity index (χ1n) is 12.2. The van der Waals surface area contributed by atoms with Gasteiger partial charge in [0.25, 0.3) is 0 Å². The predicted octanol–water partition coefficient (Wildman–Crippen LogP) is 8.57. The lowest BCUT2D eigenvalue weighted by molar-refractivity contribution is 0.184. The minimum Gasteiger partial charge on any atom is -0.205 e. The monoisotopic (exact) mass is 440 g/mol. The van der Waals surface area contributed by atoms with Crippen LogP contribution in [0.25, 0.3) is 0 Å². The van der Waals surface area contributed by atoms with Gasteiger partial charge in [-0.1, -0.05) is 88.0 Å². The molecule has 1 aromatic carbocycles. The van der Waals surface area contributed by atoms with E-state index >= 15 is 0 Å². The molecule has 2 fully saturated rings. The largest absolute Gasteiger partial charge is 0.205 e. The van der Waals surface area contributed by atoms with Gasteiger partial charge in [0.1, 0.15) is 16.7 Å². The maximum Gasteiger partial charge on any atom is 0.145 e. The molecule has 0 aromatic heterocycles. The summed E-state index contributed by atoms with van der Waals surface area (Å²) >= 11 is 5.56. The molecule has 0 nitrogen and oxygen atoms in total. The molecule has 2 aliphatic rings. The van der Waals surface area contributed by atoms with Crippen LogP contribution in [0.3, 0.4) is 0 Å². The van der Waals surface area contributed by atoms with E-state index in [1.54, 1.807) is 31.0 Å². The average Bonchev–Trinajstić information content (AvgIpc) is 2.74. The second kappa shape index (κ2) is 11.8. The van der Waals surface area contributed by atoms with Crippen LogP contribution in [0, 0.1) is 29.4 Å². The Hall–Kier alpha value is -0.413. The Kier molecular flexibility index (Phi) is 9.49. The molecule has 0 unspecified atom stereocenters. The van der Waals surface area contributed by atoms with Gasteiger partial charge in [0.15, 0.2) is 0 Å². The second-order valence-electron chi connectivity index (χ2n) is 9.82. The lowest BCUT2D eigenvalue weighted by Crippen LogP contribution is -2.28. The van der Waals surface area contributed by atoms with Crippen LogP contribution in [0.15, 0.2) is 12.1 Å². The molecule has 0 N–H and O–H groups in total. The van der Waals surface area contributed by atoms with Crippen LogP contribution in [0.2, 0.25) is 23.2 Å². The van der Waals surface area contributed by atoms with Gasteiger partial charge in [0.05, 0.1) is 0 Å². The summed E-state index contributed by atoms with van der Waals surface area (Å²) in [6.07, 6.45) is 15.8. The van der Waals surface area contributed by atoms with E-state index in [-0.39, 0.29) is 13.8 Å². The van der Waals surface area contributed by atoms with Gasteiger partial charge < -0.3 is 0 Å². The minimum absolute atomic E-state index is 0.358. The zero-order valence-corrected chi connectivity index (χ0v) is 20.1. The molecule has 0 atom stereocenters. The van der Waals surface area contributed by atoms with E-state index in [2.05, 4.69) is 6.92 Å². The molecular weight excluding hydrogens is 402 g/mol. The van der Waals surface area contributed by atoms with Gasteiger partial charge in [-0.05, 0) is 61.1 Å². The third-order valence-corrected chi connectivity index (χ3v) is 11.7. The van der Waals surface area contributed by atoms with E-state index in [1.807, 2.05) is 0 Å². The van der Waals surface area contributed by atoms with Gasteiger partial charge in [0.2, 0.25) is 0 Å². The highest BCUT2D eigenvalue weighted by Crippen LogP contribution is 2.42. The molecule has 0 bridgehead atoms. The van der Waals surface area contributed by atoms with Crippen molar-refractivity contribution in [1.82, 2.24) is 0 Å². The normalized spacial score (nSPS) is 27.9. The van der Waals surface area contributed by atoms with Gasteiger partial charge in [-0.15, -0.1) is 0 Å². The molecule has 1 aromatic rings. The number of unbranched alkanes of at least 4 members (excludes halogenated alkanes) is 2. The third-order valence-electron chi connectivity index (χ3n) is 7.79. The quantitative estimate of drug-likeness (QED) is 0.205. The lowest BCUT2D eigenvalue weighted by atomic mass is 9.73. The fraction of sp³-hybridized carbons (Fsp3) is 0.760. The highest BCUT2D eigenvalue weighted by molar-refractivity contribution is 6.58. The van der Waals surface area contributed by atoms with Crippen molar-refractivity contribution in [2.45, 2.75) is 102 Å². The van der Waals surface area contributed by atoms with Gasteiger partial charge in [-0.3, -0.25) is 0 Å². The van der Waals surface area contributed by atoms with Crippen LogP contribution in [0.5, 0.6) is 0 Å². The Balaban J connectivity index is 1.29. The summed E-state index contributed by atoms with van der Waals surface area (Å²) in [5.41, 5.74) is 0.728. The van der Waals surface area contributed by atoms with Crippen LogP contribution in [-0.4, -0.2) is 8.80 Å². The van der Waals surface area contributed by atoms with Crippen molar-refractivity contribution in [3.8, 4) is 0 Å². The number of aryl methyl sites for hydroxylation is 1. The summed E-state index contributed by atoms with van der Waals surface area (Å²) in [5, 5.41) is -0.387. The lowest BCUT2D eigenvalue weighted by Gasteiger charge is -2.37. The molecule has 0 spiro atoms. The predicted molar refractivity (Wildman–Crippen MR) is 124 cm³/mol. The van der Waals surface area contributed by atoms with Crippen molar-refractivity contribution >= 4 is 20.4 Å². The van der Waals surface area contributed by atoms with Crippen LogP contribution in [0.1, 0.15) is 83.1 Å². The van der Waals surface area contributed by atoms with Crippen molar-refractivity contribution in [1.29, 1.82) is 0 Å². The Bertz CT molecular complexity index is 596. The van der Waals surface area contributed by atoms with E-state index < -0.39 is 11.6 Å². The Morgan fingerprint density at radius 2 is 1.52 bits per heavy atom. The van der Waals surface area contributed by atoms with Crippen molar-refractivity contribution in [3.63, 3.8) is 0 Å². The standard InChI is InChI=1S/C25H39ClF2Si/c1-2-3-14-29-15-12-22(13-16-29)21-10-8-19(9-11-21)6-4-5-7-20-17-23(27)25(26)24(28)18-20/h17-19,21-22,29H,2-16H2,1H3/t19-,21-,22?,29?. The molecule has 4 heteroatoms. The molecule has 0 radical (unpaired) electrons. The number of hydrogen-bond acceptors (Lipinski definition) is 0. The molecule has 29 heavy (non-hydrogen) atoms. The number of hydrogen-bond donors (Lipinski definition) is 0. The maximum absolute atomic E-state index is 13.5. The highest BCUT2D eigenvalue weighted by atomic mass is 35.5. The molecule has 1 heterocycles. The van der Waals surface area contributed by atoms with Crippen LogP contribution in [-0.2, 0) is 6.42 Å². The maximum atomic E-state index is 13.5. The molecule has 3 rings (SSSR count). The van der Waals surface area contributed by atoms with E-state index in [0.29, 0.717) is 0 Å². The molecule has 1 aliphatic carbocycles. The fourth-order valence-corrected chi connectivity index (χ4v) is 9.66. The summed E-state index contributed by atoms with van der Waals surface area (Å²) in [5.74, 6) is 1.65. The number of halogens is 3. The topological polar surface area (TPSA) is 0 Å². The molecule has 164 valence electrons. The highest BCUT2D eigenvalue weighted by Gasteiger charge is 2.30. The average molecular weight is 441 g/mol. The van der Waals surface area contributed by atoms with Gasteiger partial charge in [0, 0.05) is 8.80 Å². The number of rotatable bonds is 9. The first kappa shape index (κ1) is 23.3. The SMILES string of the molecule is CCCC[SiH]1CCC([C@H]2CC[C@H](CCCCc3cc(F)c(Cl)c(F)c3)CC2)CC1. The Morgan fingerprint density at radius 1 is 0.897 bits per heavy atom. The van der Waals surface area contributed by atoms with Gasteiger partial charge in [-0.2, -0.15) is 0 Å². The van der Waals surface area contributed by atoms with Crippen molar-refractivity contribution in [3.05, 3.63) is 34.4 Å². The third kappa shape index (κ3) is 7.06. The fourth-order valence-electron chi connectivity index (χ4n) is 5.90. The first-order valence-corrected chi connectivity index (χ1v) is 15.0. The van der Waals surface area contributed by atoms with E-state index in [9.17, 15) is 8.78 Å². The first-order chi connectivity index (χ1) is 14.1. The molecule has 1 saturated heterocycles. The number of benzene rings is 1. The zero-order chi connectivity index (χ0) is 20.6. The molecule has 1 aliphatic heterocycles. The summed E-state index contributed by atoms with van der Waals surface area (Å²) < 4.78 is 27.1. The summed E-state index contributed by atoms with van der Waals surface area (Å²) in [7, 11) is -0.358. The summed E-state index contributed by atoms with van der Waals surface area (Å²) in [4.78, 5) is 0. The summed E-state index contributed by atoms with van der Waals surface area (Å²) in [6.45, 7) is 2.33. The van der Waals surface area contributed by atoms with E-state index in [1.165, 1.54) is 57.1 Å². The Labute approximate surface area is 183 Å². The van der Waals surface area contributed by atoms with Crippen LogP contribution < -0.4 is 0 Å². The zero-order valence-electron chi connectivity index (χ0n) is 18.2. The molecule has 0 amide bonds. The van der Waals surface area contributed by atoms with E-state index in [4.69, 9.17) is 11.6 Å². The molecular formula is C25H39ClF2Si. The van der Waals surface area contributed by atoms with Crippen LogP contribution in [0.4, 0.5) is 8.78 Å². The summed E-state index contributed by atoms with van der Waals surface area (Å²) in [6, 6.07) is 7.62. The second-order valence-corrected chi connectivity index (χ2v) is 13.7. The van der Waals surface area contributed by atoms with Crippen LogP contribution >= 0.6 is 11.6 Å². The van der Waals surface area contributed by atoms with Crippen molar-refractivity contribution < 1.29 is 8.78 Å². The Morgan fingerprint density at radius 3 is 2.14 bits per heavy atom. The molecule has 1 saturated carbocycles. The van der Waals surface area contributed by atoms with Crippen molar-refractivity contribution in [2.75, 3.05) is 0 Å². The van der Waals surface area contributed by atoms with Crippen molar-refractivity contribution in [2.24, 2.45) is 17.8 Å². The van der Waals surface area contributed by atoms with Gasteiger partial charge in [-0.25, -0.2) is 8.78 Å². The van der Waals surface area contributed by atoms with Gasteiger partial charge >= 0.3 is 0 Å².